The zero-order chi connectivity index (χ0) is 10.1. The Hall–Kier alpha value is -0.800. The van der Waals surface area contributed by atoms with Crippen molar-refractivity contribution in [1.82, 2.24) is 5.32 Å². The Kier molecular flexibility index (Phi) is 2.29. The average molecular weight is 207 g/mol. The van der Waals surface area contributed by atoms with Crippen molar-refractivity contribution < 1.29 is 9.15 Å². The Balaban J connectivity index is 1.87. The molecule has 1 N–H and O–H groups in total. The molecule has 0 amide bonds. The minimum atomic E-state index is 0.385. The van der Waals surface area contributed by atoms with Crippen molar-refractivity contribution in [3.63, 3.8) is 0 Å². The molecule has 1 aromatic rings. The quantitative estimate of drug-likeness (QED) is 0.762. The molecule has 0 aromatic carbocycles. The van der Waals surface area contributed by atoms with E-state index < -0.39 is 0 Å². The number of rotatable bonds is 1. The van der Waals surface area contributed by atoms with Gasteiger partial charge in [-0.25, -0.2) is 0 Å². The molecule has 2 aliphatic heterocycles. The molecule has 0 radical (unpaired) electrons. The summed E-state index contributed by atoms with van der Waals surface area (Å²) in [6.45, 7) is 3.97. The monoisotopic (exact) mass is 207 g/mol. The zero-order valence-electron chi connectivity index (χ0n) is 8.87. The topological polar surface area (TPSA) is 34.4 Å². The van der Waals surface area contributed by atoms with Gasteiger partial charge in [-0.1, -0.05) is 0 Å². The van der Waals surface area contributed by atoms with Gasteiger partial charge in [0.2, 0.25) is 0 Å². The van der Waals surface area contributed by atoms with Crippen LogP contribution >= 0.6 is 0 Å². The fourth-order valence-corrected chi connectivity index (χ4v) is 3.00. The molecule has 1 unspecified atom stereocenters. The van der Waals surface area contributed by atoms with Crippen molar-refractivity contribution in [2.24, 2.45) is 5.41 Å². The number of nitrogens with one attached hydrogen (secondary N) is 1. The molecule has 3 heteroatoms. The van der Waals surface area contributed by atoms with Crippen LogP contribution in [0.25, 0.3) is 0 Å². The first-order valence-electron chi connectivity index (χ1n) is 5.73. The summed E-state index contributed by atoms with van der Waals surface area (Å²) in [5.41, 5.74) is 0.385. The van der Waals surface area contributed by atoms with Crippen molar-refractivity contribution in [3.8, 4) is 0 Å². The zero-order valence-corrected chi connectivity index (χ0v) is 8.87. The van der Waals surface area contributed by atoms with Crippen LogP contribution in [0.3, 0.4) is 0 Å². The summed E-state index contributed by atoms with van der Waals surface area (Å²) < 4.78 is 11.0. The molecule has 1 atom stereocenters. The summed E-state index contributed by atoms with van der Waals surface area (Å²) in [5, 5.41) is 3.51. The Morgan fingerprint density at radius 2 is 2.20 bits per heavy atom. The van der Waals surface area contributed by atoms with Crippen molar-refractivity contribution in [2.75, 3.05) is 26.3 Å². The predicted octanol–water partition coefficient (Wildman–Crippen LogP) is 1.76. The lowest BCUT2D eigenvalue weighted by Gasteiger charge is -2.37. The Morgan fingerprint density at radius 1 is 1.33 bits per heavy atom. The van der Waals surface area contributed by atoms with E-state index in [1.807, 2.05) is 6.07 Å². The summed E-state index contributed by atoms with van der Waals surface area (Å²) >= 11 is 0. The molecule has 15 heavy (non-hydrogen) atoms. The van der Waals surface area contributed by atoms with Crippen molar-refractivity contribution >= 4 is 0 Å². The van der Waals surface area contributed by atoms with Gasteiger partial charge in [0.15, 0.2) is 0 Å². The van der Waals surface area contributed by atoms with Gasteiger partial charge < -0.3 is 14.5 Å². The molecule has 3 nitrogen and oxygen atoms in total. The van der Waals surface area contributed by atoms with Gasteiger partial charge in [-0.15, -0.1) is 0 Å². The molecular weight excluding hydrogens is 190 g/mol. The van der Waals surface area contributed by atoms with E-state index in [-0.39, 0.29) is 0 Å². The highest BCUT2D eigenvalue weighted by molar-refractivity contribution is 5.15. The van der Waals surface area contributed by atoms with Crippen molar-refractivity contribution in [2.45, 2.75) is 18.8 Å². The van der Waals surface area contributed by atoms with E-state index >= 15 is 0 Å². The minimum absolute atomic E-state index is 0.385. The predicted molar refractivity (Wildman–Crippen MR) is 56.8 cm³/mol. The standard InChI is InChI=1S/C12H17NO2/c1-2-11(15-5-1)10-8-13-9-12(10)3-6-14-7-4-12/h1-2,5,10,13H,3-4,6-9H2. The summed E-state index contributed by atoms with van der Waals surface area (Å²) in [6, 6.07) is 4.09. The Bertz CT molecular complexity index is 314. The first kappa shape index (κ1) is 9.43. The van der Waals surface area contributed by atoms with Crippen LogP contribution in [0.5, 0.6) is 0 Å². The fourth-order valence-electron chi connectivity index (χ4n) is 3.00. The van der Waals surface area contributed by atoms with Crippen LogP contribution in [0.2, 0.25) is 0 Å². The molecule has 2 aliphatic rings. The highest BCUT2D eigenvalue weighted by Crippen LogP contribution is 2.46. The lowest BCUT2D eigenvalue weighted by atomic mass is 9.71. The van der Waals surface area contributed by atoms with Crippen molar-refractivity contribution in [1.29, 1.82) is 0 Å². The lowest BCUT2D eigenvalue weighted by Crippen LogP contribution is -2.35. The largest absolute Gasteiger partial charge is 0.469 e. The van der Waals surface area contributed by atoms with Gasteiger partial charge in [-0.3, -0.25) is 0 Å². The van der Waals surface area contributed by atoms with Gasteiger partial charge in [0.05, 0.1) is 6.26 Å². The molecular formula is C12H17NO2. The van der Waals surface area contributed by atoms with Gasteiger partial charge in [-0.05, 0) is 30.4 Å². The number of hydrogen-bond acceptors (Lipinski definition) is 3. The van der Waals surface area contributed by atoms with E-state index in [2.05, 4.69) is 11.4 Å². The molecule has 1 spiro atoms. The highest BCUT2D eigenvalue weighted by atomic mass is 16.5. The van der Waals surface area contributed by atoms with E-state index in [1.54, 1.807) is 6.26 Å². The van der Waals surface area contributed by atoms with Crippen LogP contribution in [0.1, 0.15) is 24.5 Å². The van der Waals surface area contributed by atoms with Gasteiger partial charge >= 0.3 is 0 Å². The van der Waals surface area contributed by atoms with Crippen LogP contribution in [-0.4, -0.2) is 26.3 Å². The first-order valence-corrected chi connectivity index (χ1v) is 5.73. The third-order valence-electron chi connectivity index (χ3n) is 3.94. The Morgan fingerprint density at radius 3 is 2.93 bits per heavy atom. The van der Waals surface area contributed by atoms with E-state index in [4.69, 9.17) is 9.15 Å². The third kappa shape index (κ3) is 1.50. The maximum absolute atomic E-state index is 5.56. The summed E-state index contributed by atoms with van der Waals surface area (Å²) in [5.74, 6) is 1.68. The van der Waals surface area contributed by atoms with Gasteiger partial charge in [0.1, 0.15) is 5.76 Å². The second-order valence-electron chi connectivity index (χ2n) is 4.67. The third-order valence-corrected chi connectivity index (χ3v) is 3.94. The van der Waals surface area contributed by atoms with E-state index in [0.29, 0.717) is 11.3 Å². The number of ether oxygens (including phenoxy) is 1. The SMILES string of the molecule is c1coc(C2CNCC23CCOCC3)c1. The number of hydrogen-bond donors (Lipinski definition) is 1. The molecule has 2 fully saturated rings. The molecule has 0 saturated carbocycles. The summed E-state index contributed by atoms with van der Waals surface area (Å²) in [4.78, 5) is 0. The highest BCUT2D eigenvalue weighted by Gasteiger charge is 2.45. The van der Waals surface area contributed by atoms with Crippen LogP contribution in [-0.2, 0) is 4.74 Å². The second-order valence-corrected chi connectivity index (χ2v) is 4.67. The molecule has 0 aliphatic carbocycles. The second kappa shape index (κ2) is 3.65. The lowest BCUT2D eigenvalue weighted by molar-refractivity contribution is 0.0137. The molecule has 0 bridgehead atoms. The summed E-state index contributed by atoms with van der Waals surface area (Å²) in [7, 11) is 0. The molecule has 3 heterocycles. The maximum atomic E-state index is 5.56. The fraction of sp³-hybridized carbons (Fsp3) is 0.667. The molecule has 82 valence electrons. The van der Waals surface area contributed by atoms with Crippen LogP contribution in [0.15, 0.2) is 22.8 Å². The normalized spacial score (nSPS) is 29.7. The first-order chi connectivity index (χ1) is 7.41. The molecule has 2 saturated heterocycles. The van der Waals surface area contributed by atoms with E-state index in [1.165, 1.54) is 0 Å². The van der Waals surface area contributed by atoms with Crippen LogP contribution < -0.4 is 5.32 Å². The van der Waals surface area contributed by atoms with Gasteiger partial charge in [0, 0.05) is 32.2 Å². The molecule has 1 aromatic heterocycles. The summed E-state index contributed by atoms with van der Waals surface area (Å²) in [6.07, 6.45) is 4.09. The average Bonchev–Trinajstić information content (AvgIpc) is 2.88. The van der Waals surface area contributed by atoms with Gasteiger partial charge in [-0.2, -0.15) is 0 Å². The van der Waals surface area contributed by atoms with Gasteiger partial charge in [0.25, 0.3) is 0 Å². The minimum Gasteiger partial charge on any atom is -0.469 e. The smallest absolute Gasteiger partial charge is 0.108 e. The Labute approximate surface area is 89.8 Å². The number of furan rings is 1. The van der Waals surface area contributed by atoms with Crippen LogP contribution in [0, 0.1) is 5.41 Å². The van der Waals surface area contributed by atoms with Crippen molar-refractivity contribution in [3.05, 3.63) is 24.2 Å². The van der Waals surface area contributed by atoms with E-state index in [0.717, 1.165) is 44.9 Å². The van der Waals surface area contributed by atoms with E-state index in [9.17, 15) is 0 Å². The van der Waals surface area contributed by atoms with Crippen LogP contribution in [0.4, 0.5) is 0 Å². The maximum Gasteiger partial charge on any atom is 0.108 e. The molecule has 3 rings (SSSR count).